The number of hydrogen-bond donors (Lipinski definition) is 2. The van der Waals surface area contributed by atoms with Crippen LogP contribution in [-0.2, 0) is 15.6 Å². The lowest BCUT2D eigenvalue weighted by molar-refractivity contribution is 0.0918. The third kappa shape index (κ3) is 4.90. The molecule has 0 aliphatic carbocycles. The molecule has 0 saturated heterocycles. The molecule has 0 unspecified atom stereocenters. The fourth-order valence-electron chi connectivity index (χ4n) is 3.25. The highest BCUT2D eigenvalue weighted by molar-refractivity contribution is 7.89. The van der Waals surface area contributed by atoms with Crippen LogP contribution >= 0.6 is 0 Å². The summed E-state index contributed by atoms with van der Waals surface area (Å²) in [5, 5.41) is 2.99. The van der Waals surface area contributed by atoms with Gasteiger partial charge in [0.15, 0.2) is 0 Å². The molecule has 3 aromatic carbocycles. The van der Waals surface area contributed by atoms with Crippen LogP contribution in [0.3, 0.4) is 0 Å². The highest BCUT2D eigenvalue weighted by Gasteiger charge is 2.31. The van der Waals surface area contributed by atoms with E-state index in [1.54, 1.807) is 0 Å². The zero-order valence-electron chi connectivity index (χ0n) is 17.0. The predicted molar refractivity (Wildman–Crippen MR) is 119 cm³/mol. The average molecular weight is 439 g/mol. The molecule has 0 aliphatic heterocycles. The molecule has 0 saturated carbocycles. The Morgan fingerprint density at radius 2 is 1.55 bits per heavy atom. The Morgan fingerprint density at radius 1 is 1.00 bits per heavy atom. The molecule has 0 radical (unpaired) electrons. The van der Waals surface area contributed by atoms with E-state index in [1.165, 1.54) is 12.1 Å². The summed E-state index contributed by atoms with van der Waals surface area (Å²) in [4.78, 5) is 12.6. The molecule has 3 rings (SSSR count). The third-order valence-corrected chi connectivity index (χ3v) is 6.40. The van der Waals surface area contributed by atoms with E-state index in [2.05, 4.69) is 16.6 Å². The quantitative estimate of drug-likeness (QED) is 0.523. The number of halogens is 1. The van der Waals surface area contributed by atoms with Crippen LogP contribution in [0.25, 0.3) is 0 Å². The van der Waals surface area contributed by atoms with Crippen molar-refractivity contribution in [1.29, 1.82) is 0 Å². The van der Waals surface area contributed by atoms with Crippen molar-refractivity contribution in [2.24, 2.45) is 0 Å². The second-order valence-corrected chi connectivity index (χ2v) is 8.83. The van der Waals surface area contributed by atoms with Crippen LogP contribution in [-0.4, -0.2) is 20.9 Å². The first-order chi connectivity index (χ1) is 14.8. The second kappa shape index (κ2) is 9.24. The monoisotopic (exact) mass is 438 g/mol. The van der Waals surface area contributed by atoms with E-state index in [4.69, 9.17) is 0 Å². The van der Waals surface area contributed by atoms with Gasteiger partial charge in [-0.15, -0.1) is 6.58 Å². The van der Waals surface area contributed by atoms with Crippen molar-refractivity contribution in [3.8, 4) is 0 Å². The largest absolute Gasteiger partial charge is 0.339 e. The average Bonchev–Trinajstić information content (AvgIpc) is 2.79. The van der Waals surface area contributed by atoms with Gasteiger partial charge >= 0.3 is 0 Å². The van der Waals surface area contributed by atoms with Crippen molar-refractivity contribution in [3.05, 3.63) is 114 Å². The van der Waals surface area contributed by atoms with Crippen LogP contribution in [0, 0.1) is 5.82 Å². The molecule has 160 valence electrons. The molecule has 5 nitrogen and oxygen atoms in total. The molecule has 0 aromatic heterocycles. The van der Waals surface area contributed by atoms with Crippen LogP contribution in [0.15, 0.2) is 96.4 Å². The van der Waals surface area contributed by atoms with Gasteiger partial charge in [-0.05, 0) is 36.2 Å². The van der Waals surface area contributed by atoms with Crippen LogP contribution in [0.1, 0.15) is 28.4 Å². The van der Waals surface area contributed by atoms with Crippen LogP contribution in [0.5, 0.6) is 0 Å². The summed E-state index contributed by atoms with van der Waals surface area (Å²) in [6.07, 6.45) is 1.34. The normalized spacial score (nSPS) is 11.7. The van der Waals surface area contributed by atoms with Gasteiger partial charge in [-0.25, -0.2) is 17.5 Å². The summed E-state index contributed by atoms with van der Waals surface area (Å²) in [7, 11) is -4.13. The van der Waals surface area contributed by atoms with Crippen molar-refractivity contribution in [2.75, 3.05) is 6.54 Å². The Balaban J connectivity index is 2.00. The first-order valence-corrected chi connectivity index (χ1v) is 11.1. The van der Waals surface area contributed by atoms with E-state index in [-0.39, 0.29) is 12.1 Å². The number of carbonyl (C=O) groups excluding carboxylic acids is 1. The van der Waals surface area contributed by atoms with Crippen LogP contribution < -0.4 is 10.0 Å². The number of nitrogens with one attached hydrogen (secondary N) is 2. The van der Waals surface area contributed by atoms with Crippen molar-refractivity contribution in [2.45, 2.75) is 17.4 Å². The van der Waals surface area contributed by atoms with Gasteiger partial charge in [0, 0.05) is 12.1 Å². The molecule has 31 heavy (non-hydrogen) atoms. The fraction of sp³-hybridized carbons (Fsp3) is 0.125. The molecule has 0 bridgehead atoms. The molecular formula is C24H23FN2O3S. The second-order valence-electron chi connectivity index (χ2n) is 7.10. The maximum atomic E-state index is 14.2. The summed E-state index contributed by atoms with van der Waals surface area (Å²) in [6, 6.07) is 22.1. The van der Waals surface area contributed by atoms with Gasteiger partial charge in [0.25, 0.3) is 5.91 Å². The third-order valence-electron chi connectivity index (χ3n) is 4.97. The Kier molecular flexibility index (Phi) is 6.68. The fourth-order valence-corrected chi connectivity index (χ4v) is 4.35. The van der Waals surface area contributed by atoms with Gasteiger partial charge in [-0.2, -0.15) is 0 Å². The maximum absolute atomic E-state index is 14.2. The standard InChI is InChI=1S/C24H23FN2O3S/c1-3-16-26-31(29,30)22-17-18(14-15-21(22)25)23(28)27-24(2,19-10-6-4-7-11-19)20-12-8-5-9-13-20/h3-15,17,26H,1,16H2,2H3,(H,27,28). The Hall–Kier alpha value is -3.29. The predicted octanol–water partition coefficient (Wildman–Crippen LogP) is 3.98. The first-order valence-electron chi connectivity index (χ1n) is 9.61. The number of benzene rings is 3. The summed E-state index contributed by atoms with van der Waals surface area (Å²) in [5.74, 6) is -1.47. The van der Waals surface area contributed by atoms with Crippen molar-refractivity contribution < 1.29 is 17.6 Å². The molecule has 0 atom stereocenters. The number of rotatable bonds is 8. The minimum absolute atomic E-state index is 0.0264. The number of amides is 1. The SMILES string of the molecule is C=CCNS(=O)(=O)c1cc(C(=O)NC(C)(c2ccccc2)c2ccccc2)ccc1F. The van der Waals surface area contributed by atoms with Gasteiger partial charge in [0.2, 0.25) is 10.0 Å². The minimum atomic E-state index is -4.13. The lowest BCUT2D eigenvalue weighted by Gasteiger charge is -2.32. The van der Waals surface area contributed by atoms with Gasteiger partial charge < -0.3 is 5.32 Å². The maximum Gasteiger partial charge on any atom is 0.252 e. The van der Waals surface area contributed by atoms with E-state index in [0.717, 1.165) is 23.3 Å². The molecular weight excluding hydrogens is 415 g/mol. The zero-order valence-corrected chi connectivity index (χ0v) is 17.8. The molecule has 0 fully saturated rings. The smallest absolute Gasteiger partial charge is 0.252 e. The van der Waals surface area contributed by atoms with E-state index in [1.807, 2.05) is 67.6 Å². The Labute approximate surface area is 181 Å². The summed E-state index contributed by atoms with van der Waals surface area (Å²) >= 11 is 0. The molecule has 2 N–H and O–H groups in total. The first kappa shape index (κ1) is 22.4. The summed E-state index contributed by atoms with van der Waals surface area (Å²) < 4.78 is 41.2. The van der Waals surface area contributed by atoms with Crippen molar-refractivity contribution >= 4 is 15.9 Å². The lowest BCUT2D eigenvalue weighted by Crippen LogP contribution is -2.44. The van der Waals surface area contributed by atoms with Crippen molar-refractivity contribution in [1.82, 2.24) is 10.0 Å². The van der Waals surface area contributed by atoms with E-state index in [0.29, 0.717) is 0 Å². The molecule has 7 heteroatoms. The van der Waals surface area contributed by atoms with Crippen LogP contribution in [0.2, 0.25) is 0 Å². The molecule has 1 amide bonds. The Bertz CT molecular complexity index is 1140. The highest BCUT2D eigenvalue weighted by atomic mass is 32.2. The van der Waals surface area contributed by atoms with E-state index < -0.39 is 32.2 Å². The molecule has 0 aliphatic rings. The van der Waals surface area contributed by atoms with Gasteiger partial charge in [0.05, 0.1) is 5.54 Å². The highest BCUT2D eigenvalue weighted by Crippen LogP contribution is 2.30. The minimum Gasteiger partial charge on any atom is -0.339 e. The molecule has 0 heterocycles. The Morgan fingerprint density at radius 3 is 2.06 bits per heavy atom. The number of hydrogen-bond acceptors (Lipinski definition) is 3. The van der Waals surface area contributed by atoms with Crippen molar-refractivity contribution in [3.63, 3.8) is 0 Å². The van der Waals surface area contributed by atoms with Gasteiger partial charge in [-0.3, -0.25) is 4.79 Å². The van der Waals surface area contributed by atoms with Crippen LogP contribution in [0.4, 0.5) is 4.39 Å². The summed E-state index contributed by atoms with van der Waals surface area (Å²) in [6.45, 7) is 5.24. The summed E-state index contributed by atoms with van der Waals surface area (Å²) in [5.41, 5.74) is 0.821. The topological polar surface area (TPSA) is 75.3 Å². The number of sulfonamides is 1. The van der Waals surface area contributed by atoms with Gasteiger partial charge in [0.1, 0.15) is 10.7 Å². The molecule has 0 spiro atoms. The van der Waals surface area contributed by atoms with E-state index in [9.17, 15) is 17.6 Å². The number of carbonyl (C=O) groups is 1. The molecule has 3 aromatic rings. The van der Waals surface area contributed by atoms with E-state index >= 15 is 0 Å². The lowest BCUT2D eigenvalue weighted by atomic mass is 9.84. The zero-order chi connectivity index (χ0) is 22.5. The van der Waals surface area contributed by atoms with Gasteiger partial charge in [-0.1, -0.05) is 66.7 Å².